The fraction of sp³-hybridized carbons (Fsp3) is 0.524. The van der Waals surface area contributed by atoms with Crippen LogP contribution in [0.3, 0.4) is 0 Å². The Morgan fingerprint density at radius 3 is 2.54 bits per heavy atom. The molecule has 1 aromatic carbocycles. The van der Waals surface area contributed by atoms with Crippen LogP contribution in [-0.4, -0.2) is 48.1 Å². The van der Waals surface area contributed by atoms with Gasteiger partial charge in [0.15, 0.2) is 5.78 Å². The fourth-order valence-electron chi connectivity index (χ4n) is 3.09. The van der Waals surface area contributed by atoms with Gasteiger partial charge >= 0.3 is 6.09 Å². The predicted molar refractivity (Wildman–Crippen MR) is 105 cm³/mol. The van der Waals surface area contributed by atoms with E-state index in [-0.39, 0.29) is 18.0 Å². The van der Waals surface area contributed by atoms with E-state index in [0.29, 0.717) is 36.3 Å². The summed E-state index contributed by atoms with van der Waals surface area (Å²) < 4.78 is 10.6. The van der Waals surface area contributed by atoms with Crippen LogP contribution in [0, 0.1) is 5.92 Å². The molecule has 0 aliphatic heterocycles. The SMILES string of the molecule is COc1ccccc1CC(=O)C1C(=O)CCC/C1=N/N(C)C(=O)OC(C)(C)C. The predicted octanol–water partition coefficient (Wildman–Crippen LogP) is 3.40. The Labute approximate surface area is 165 Å². The molecule has 1 fully saturated rings. The van der Waals surface area contributed by atoms with Gasteiger partial charge in [0.2, 0.25) is 0 Å². The topological polar surface area (TPSA) is 85.3 Å². The zero-order valence-corrected chi connectivity index (χ0v) is 17.2. The van der Waals surface area contributed by atoms with Crippen molar-refractivity contribution in [2.75, 3.05) is 14.2 Å². The minimum absolute atomic E-state index is 0.0651. The number of amides is 1. The average Bonchev–Trinajstić information content (AvgIpc) is 2.60. The molecule has 1 amide bonds. The summed E-state index contributed by atoms with van der Waals surface area (Å²) in [6.07, 6.45) is 0.862. The number of nitrogens with zero attached hydrogens (tertiary/aromatic N) is 2. The summed E-state index contributed by atoms with van der Waals surface area (Å²) in [5, 5.41) is 5.32. The first-order valence-corrected chi connectivity index (χ1v) is 9.34. The normalized spacial score (nSPS) is 18.7. The Hall–Kier alpha value is -2.70. The van der Waals surface area contributed by atoms with E-state index in [0.717, 1.165) is 5.01 Å². The molecule has 2 rings (SSSR count). The second kappa shape index (κ2) is 8.99. The third-order valence-electron chi connectivity index (χ3n) is 4.33. The average molecular weight is 388 g/mol. The summed E-state index contributed by atoms with van der Waals surface area (Å²) in [5.41, 5.74) is 0.463. The molecule has 0 heterocycles. The third kappa shape index (κ3) is 5.65. The summed E-state index contributed by atoms with van der Waals surface area (Å²) >= 11 is 0. The Kier molecular flexibility index (Phi) is 6.94. The Balaban J connectivity index is 2.22. The maximum absolute atomic E-state index is 12.9. The van der Waals surface area contributed by atoms with E-state index in [4.69, 9.17) is 9.47 Å². The molecule has 0 N–H and O–H groups in total. The van der Waals surface area contributed by atoms with Crippen molar-refractivity contribution in [1.82, 2.24) is 5.01 Å². The van der Waals surface area contributed by atoms with Gasteiger partial charge in [0.25, 0.3) is 0 Å². The highest BCUT2D eigenvalue weighted by Crippen LogP contribution is 2.25. The van der Waals surface area contributed by atoms with E-state index in [1.807, 2.05) is 12.1 Å². The standard InChI is InChI=1S/C21H28N2O5/c1-21(2,3)28-20(26)23(4)22-15-10-8-11-16(24)19(15)17(25)13-14-9-6-7-12-18(14)27-5/h6-7,9,12,19H,8,10-11,13H2,1-5H3/b22-15-. The van der Waals surface area contributed by atoms with Crippen LogP contribution in [0.4, 0.5) is 4.79 Å². The summed E-state index contributed by atoms with van der Waals surface area (Å²) in [7, 11) is 3.00. The van der Waals surface area contributed by atoms with E-state index in [1.165, 1.54) is 14.2 Å². The minimum Gasteiger partial charge on any atom is -0.496 e. The van der Waals surface area contributed by atoms with Crippen molar-refractivity contribution in [3.63, 3.8) is 0 Å². The number of para-hydroxylation sites is 1. The number of methoxy groups -OCH3 is 1. The molecule has 0 bridgehead atoms. The molecule has 0 aromatic heterocycles. The van der Waals surface area contributed by atoms with Gasteiger partial charge in [-0.15, -0.1) is 0 Å². The van der Waals surface area contributed by atoms with Gasteiger partial charge in [0.1, 0.15) is 23.1 Å². The van der Waals surface area contributed by atoms with Gasteiger partial charge in [0.05, 0.1) is 12.8 Å². The van der Waals surface area contributed by atoms with Crippen molar-refractivity contribution in [2.45, 2.75) is 52.1 Å². The second-order valence-corrected chi connectivity index (χ2v) is 7.80. The Morgan fingerprint density at radius 1 is 1.21 bits per heavy atom. The molecule has 0 saturated heterocycles. The van der Waals surface area contributed by atoms with Crippen molar-refractivity contribution in [3.8, 4) is 5.75 Å². The molecule has 0 radical (unpaired) electrons. The Morgan fingerprint density at radius 2 is 1.89 bits per heavy atom. The largest absolute Gasteiger partial charge is 0.496 e. The summed E-state index contributed by atoms with van der Waals surface area (Å²) in [6, 6.07) is 7.21. The summed E-state index contributed by atoms with van der Waals surface area (Å²) in [4.78, 5) is 37.6. The van der Waals surface area contributed by atoms with Crippen LogP contribution in [0.25, 0.3) is 0 Å². The fourth-order valence-corrected chi connectivity index (χ4v) is 3.09. The first-order valence-electron chi connectivity index (χ1n) is 9.34. The minimum atomic E-state index is -0.941. The molecule has 28 heavy (non-hydrogen) atoms. The molecule has 152 valence electrons. The highest BCUT2D eigenvalue weighted by Gasteiger charge is 2.35. The summed E-state index contributed by atoms with van der Waals surface area (Å²) in [5.74, 6) is -0.750. The molecule has 0 spiro atoms. The van der Waals surface area contributed by atoms with Gasteiger partial charge in [-0.25, -0.2) is 9.80 Å². The number of carbonyl (C=O) groups excluding carboxylic acids is 3. The second-order valence-electron chi connectivity index (χ2n) is 7.80. The zero-order valence-electron chi connectivity index (χ0n) is 17.2. The van der Waals surface area contributed by atoms with Gasteiger partial charge in [-0.2, -0.15) is 5.10 Å². The monoisotopic (exact) mass is 388 g/mol. The number of ketones is 2. The number of Topliss-reactive ketones (excluding diaryl/α,β-unsaturated/α-hetero) is 2. The van der Waals surface area contributed by atoms with Gasteiger partial charge < -0.3 is 9.47 Å². The van der Waals surface area contributed by atoms with Crippen molar-refractivity contribution in [3.05, 3.63) is 29.8 Å². The molecule has 1 aliphatic rings. The lowest BCUT2D eigenvalue weighted by molar-refractivity contribution is -0.130. The van der Waals surface area contributed by atoms with Crippen LogP contribution in [0.5, 0.6) is 5.75 Å². The van der Waals surface area contributed by atoms with Crippen LogP contribution < -0.4 is 4.74 Å². The molecule has 1 atom stereocenters. The van der Waals surface area contributed by atoms with Crippen LogP contribution >= 0.6 is 0 Å². The van der Waals surface area contributed by atoms with Gasteiger partial charge in [-0.05, 0) is 39.7 Å². The lowest BCUT2D eigenvalue weighted by Crippen LogP contribution is -2.39. The Bertz CT molecular complexity index is 779. The van der Waals surface area contributed by atoms with Gasteiger partial charge in [0, 0.05) is 25.5 Å². The number of ether oxygens (including phenoxy) is 2. The van der Waals surface area contributed by atoms with E-state index in [9.17, 15) is 14.4 Å². The zero-order chi connectivity index (χ0) is 20.9. The van der Waals surface area contributed by atoms with Crippen LogP contribution in [0.1, 0.15) is 45.6 Å². The van der Waals surface area contributed by atoms with Crippen molar-refractivity contribution in [1.29, 1.82) is 0 Å². The molecule has 7 nitrogen and oxygen atoms in total. The van der Waals surface area contributed by atoms with E-state index in [2.05, 4.69) is 5.10 Å². The molecular formula is C21H28N2O5. The van der Waals surface area contributed by atoms with Gasteiger partial charge in [-0.1, -0.05) is 18.2 Å². The number of hydrogen-bond acceptors (Lipinski definition) is 6. The first kappa shape index (κ1) is 21.6. The van der Waals surface area contributed by atoms with Crippen molar-refractivity contribution >= 4 is 23.4 Å². The maximum atomic E-state index is 12.9. The van der Waals surface area contributed by atoms with E-state index < -0.39 is 17.6 Å². The van der Waals surface area contributed by atoms with Crippen LogP contribution in [0.15, 0.2) is 29.4 Å². The molecule has 1 saturated carbocycles. The highest BCUT2D eigenvalue weighted by atomic mass is 16.6. The van der Waals surface area contributed by atoms with Gasteiger partial charge in [-0.3, -0.25) is 9.59 Å². The lowest BCUT2D eigenvalue weighted by atomic mass is 9.81. The van der Waals surface area contributed by atoms with Crippen LogP contribution in [-0.2, 0) is 20.7 Å². The van der Waals surface area contributed by atoms with Crippen molar-refractivity contribution < 1.29 is 23.9 Å². The number of benzene rings is 1. The van der Waals surface area contributed by atoms with Crippen LogP contribution in [0.2, 0.25) is 0 Å². The molecular weight excluding hydrogens is 360 g/mol. The highest BCUT2D eigenvalue weighted by molar-refractivity contribution is 6.22. The smallest absolute Gasteiger partial charge is 0.430 e. The third-order valence-corrected chi connectivity index (χ3v) is 4.33. The van der Waals surface area contributed by atoms with E-state index in [1.54, 1.807) is 32.9 Å². The summed E-state index contributed by atoms with van der Waals surface area (Å²) in [6.45, 7) is 5.28. The number of hydrogen-bond donors (Lipinski definition) is 0. The number of carbonyl (C=O) groups is 3. The first-order chi connectivity index (χ1) is 13.1. The molecule has 1 unspecified atom stereocenters. The quantitative estimate of drug-likeness (QED) is 0.570. The number of hydrazone groups is 1. The maximum Gasteiger partial charge on any atom is 0.430 e. The van der Waals surface area contributed by atoms with Crippen molar-refractivity contribution in [2.24, 2.45) is 11.0 Å². The molecule has 1 aliphatic carbocycles. The van der Waals surface area contributed by atoms with E-state index >= 15 is 0 Å². The number of rotatable bonds is 5. The molecule has 7 heteroatoms. The molecule has 1 aromatic rings. The lowest BCUT2D eigenvalue weighted by Gasteiger charge is -2.26.